The van der Waals surface area contributed by atoms with Crippen molar-refractivity contribution in [3.8, 4) is 10.6 Å². The molecule has 1 fully saturated rings. The molecule has 4 rings (SSSR count). The Kier molecular flexibility index (Phi) is 6.71. The van der Waals surface area contributed by atoms with E-state index in [1.54, 1.807) is 44.5 Å². The summed E-state index contributed by atoms with van der Waals surface area (Å²) in [6.07, 6.45) is 3.81. The largest absolute Gasteiger partial charge is 0.366 e. The van der Waals surface area contributed by atoms with Gasteiger partial charge in [0.05, 0.1) is 10.6 Å². The molecule has 1 aliphatic heterocycles. The number of thiophene rings is 1. The lowest BCUT2D eigenvalue weighted by molar-refractivity contribution is -0.125. The van der Waals surface area contributed by atoms with E-state index in [9.17, 15) is 19.2 Å². The van der Waals surface area contributed by atoms with Crippen molar-refractivity contribution in [1.29, 1.82) is 0 Å². The Bertz CT molecular complexity index is 1400. The zero-order valence-electron chi connectivity index (χ0n) is 19.9. The van der Waals surface area contributed by atoms with Crippen LogP contribution in [0.4, 0.5) is 16.4 Å². The van der Waals surface area contributed by atoms with Gasteiger partial charge in [0.25, 0.3) is 11.8 Å². The van der Waals surface area contributed by atoms with Gasteiger partial charge in [-0.3, -0.25) is 19.7 Å². The molecule has 1 aromatic carbocycles. The van der Waals surface area contributed by atoms with E-state index in [1.165, 1.54) is 9.80 Å². The minimum Gasteiger partial charge on any atom is -0.366 e. The summed E-state index contributed by atoms with van der Waals surface area (Å²) in [4.78, 5) is 59.7. The van der Waals surface area contributed by atoms with Crippen LogP contribution in [0.1, 0.15) is 13.8 Å². The molecule has 0 bridgehead atoms. The predicted octanol–water partition coefficient (Wildman–Crippen LogP) is 2.10. The lowest BCUT2D eigenvalue weighted by Gasteiger charge is -2.27. The van der Waals surface area contributed by atoms with Gasteiger partial charge in [-0.25, -0.2) is 14.8 Å². The fourth-order valence-corrected chi connectivity index (χ4v) is 4.71. The van der Waals surface area contributed by atoms with Crippen LogP contribution in [0, 0.1) is 0 Å². The summed E-state index contributed by atoms with van der Waals surface area (Å²) >= 11 is 1.55. The number of hydrogen-bond donors (Lipinski definition) is 3. The molecule has 12 heteroatoms. The molecule has 4 N–H and O–H groups in total. The number of hydrogen-bond acceptors (Lipinski definition) is 8. The number of likely N-dealkylation sites (N-methyl/N-ethyl adjacent to an activating group) is 1. The minimum absolute atomic E-state index is 0.310. The molecule has 3 heterocycles. The molecular formula is C24H25N7O4S. The third kappa shape index (κ3) is 5.03. The van der Waals surface area contributed by atoms with Gasteiger partial charge in [-0.15, -0.1) is 11.3 Å². The molecule has 3 aromatic rings. The first kappa shape index (κ1) is 24.8. The highest BCUT2D eigenvalue weighted by atomic mass is 32.1. The standard InChI is InChI=1S/C24H25N7O4S/c1-24(2)21(34)29-23(35)31(24)11-10-27-22-26-9-8-16(28-22)18-13-14-12-15(4-5-17(14)36-18)30(3)20(33)7-6-19(25)32/h4-9,12-13H,10-11H2,1-3H3,(H2,25,32)(H,26,27,28)(H,29,34,35)/b7-6-. The van der Waals surface area contributed by atoms with Crippen LogP contribution in [0.25, 0.3) is 20.7 Å². The summed E-state index contributed by atoms with van der Waals surface area (Å²) in [5.41, 5.74) is 5.54. The van der Waals surface area contributed by atoms with Crippen molar-refractivity contribution in [2.75, 3.05) is 30.4 Å². The van der Waals surface area contributed by atoms with E-state index < -0.39 is 17.5 Å². The molecule has 2 aromatic heterocycles. The molecule has 186 valence electrons. The number of carbonyl (C=O) groups is 4. The van der Waals surface area contributed by atoms with E-state index in [1.807, 2.05) is 24.3 Å². The minimum atomic E-state index is -0.909. The van der Waals surface area contributed by atoms with E-state index in [-0.39, 0.29) is 11.8 Å². The molecule has 0 unspecified atom stereocenters. The van der Waals surface area contributed by atoms with Gasteiger partial charge in [0.1, 0.15) is 5.54 Å². The smallest absolute Gasteiger partial charge is 0.325 e. The molecule has 1 saturated heterocycles. The number of benzene rings is 1. The van der Waals surface area contributed by atoms with Gasteiger partial charge in [-0.05, 0) is 49.6 Å². The molecule has 0 saturated carbocycles. The quantitative estimate of drug-likeness (QED) is 0.312. The Morgan fingerprint density at radius 1 is 1.22 bits per heavy atom. The highest BCUT2D eigenvalue weighted by Crippen LogP contribution is 2.34. The Balaban J connectivity index is 1.46. The van der Waals surface area contributed by atoms with E-state index in [0.717, 1.165) is 32.8 Å². The summed E-state index contributed by atoms with van der Waals surface area (Å²) in [7, 11) is 1.62. The van der Waals surface area contributed by atoms with E-state index in [4.69, 9.17) is 5.73 Å². The van der Waals surface area contributed by atoms with Crippen LogP contribution in [0.3, 0.4) is 0 Å². The van der Waals surface area contributed by atoms with Crippen LogP contribution in [-0.4, -0.2) is 64.3 Å². The van der Waals surface area contributed by atoms with Crippen LogP contribution in [0.15, 0.2) is 48.7 Å². The lowest BCUT2D eigenvalue weighted by atomic mass is 10.0. The lowest BCUT2D eigenvalue weighted by Crippen LogP contribution is -2.46. The number of nitrogens with zero attached hydrogens (tertiary/aromatic N) is 4. The van der Waals surface area contributed by atoms with Crippen molar-refractivity contribution in [3.63, 3.8) is 0 Å². The van der Waals surface area contributed by atoms with Crippen molar-refractivity contribution in [2.45, 2.75) is 19.4 Å². The average Bonchev–Trinajstić information content (AvgIpc) is 3.35. The fraction of sp³-hybridized carbons (Fsp3) is 0.250. The first-order valence-corrected chi connectivity index (χ1v) is 11.9. The number of urea groups is 1. The van der Waals surface area contributed by atoms with Crippen molar-refractivity contribution < 1.29 is 19.2 Å². The zero-order valence-corrected chi connectivity index (χ0v) is 20.8. The average molecular weight is 508 g/mol. The second-order valence-corrected chi connectivity index (χ2v) is 9.71. The molecular weight excluding hydrogens is 482 g/mol. The molecule has 5 amide bonds. The number of amides is 5. The number of fused-ring (bicyclic) bond motifs is 1. The van der Waals surface area contributed by atoms with Crippen LogP contribution < -0.4 is 21.3 Å². The number of nitrogens with two attached hydrogens (primary N) is 1. The SMILES string of the molecule is CN(C(=O)/C=C\C(N)=O)c1ccc2sc(-c3ccnc(NCCN4C(=O)NC(=O)C4(C)C)n3)cc2c1. The highest BCUT2D eigenvalue weighted by Gasteiger charge is 2.45. The van der Waals surface area contributed by atoms with Gasteiger partial charge < -0.3 is 20.9 Å². The number of imide groups is 1. The van der Waals surface area contributed by atoms with E-state index >= 15 is 0 Å². The first-order valence-electron chi connectivity index (χ1n) is 11.1. The van der Waals surface area contributed by atoms with Crippen LogP contribution in [0.5, 0.6) is 0 Å². The van der Waals surface area contributed by atoms with Crippen molar-refractivity contribution in [2.24, 2.45) is 5.73 Å². The topological polar surface area (TPSA) is 151 Å². The van der Waals surface area contributed by atoms with E-state index in [2.05, 4.69) is 20.6 Å². The van der Waals surface area contributed by atoms with Crippen molar-refractivity contribution in [3.05, 3.63) is 48.7 Å². The highest BCUT2D eigenvalue weighted by molar-refractivity contribution is 7.22. The number of rotatable bonds is 8. The third-order valence-corrected chi connectivity index (χ3v) is 6.97. The van der Waals surface area contributed by atoms with Crippen LogP contribution in [0.2, 0.25) is 0 Å². The number of primary amides is 1. The molecule has 11 nitrogen and oxygen atoms in total. The Hall–Kier alpha value is -4.32. The van der Waals surface area contributed by atoms with Crippen molar-refractivity contribution in [1.82, 2.24) is 20.2 Å². The summed E-state index contributed by atoms with van der Waals surface area (Å²) in [6, 6.07) is 9.00. The summed E-state index contributed by atoms with van der Waals surface area (Å²) in [6.45, 7) is 4.07. The molecule has 0 spiro atoms. The van der Waals surface area contributed by atoms with Gasteiger partial charge in [-0.2, -0.15) is 0 Å². The van der Waals surface area contributed by atoms with Gasteiger partial charge >= 0.3 is 6.03 Å². The fourth-order valence-electron chi connectivity index (χ4n) is 3.69. The molecule has 0 radical (unpaired) electrons. The number of aromatic nitrogens is 2. The van der Waals surface area contributed by atoms with Gasteiger partial charge in [0.15, 0.2) is 0 Å². The summed E-state index contributed by atoms with van der Waals surface area (Å²) in [5, 5.41) is 6.37. The molecule has 0 aliphatic carbocycles. The number of anilines is 2. The molecule has 0 atom stereocenters. The maximum atomic E-state index is 12.3. The second-order valence-electron chi connectivity index (χ2n) is 8.63. The molecule has 1 aliphatic rings. The Labute approximate surface area is 211 Å². The third-order valence-electron chi connectivity index (χ3n) is 5.83. The maximum absolute atomic E-state index is 12.3. The Morgan fingerprint density at radius 3 is 2.69 bits per heavy atom. The second kappa shape index (κ2) is 9.74. The maximum Gasteiger partial charge on any atom is 0.325 e. The number of nitrogens with one attached hydrogen (secondary N) is 2. The molecule has 36 heavy (non-hydrogen) atoms. The first-order chi connectivity index (χ1) is 17.1. The Morgan fingerprint density at radius 2 is 2.00 bits per heavy atom. The summed E-state index contributed by atoms with van der Waals surface area (Å²) < 4.78 is 1.02. The summed E-state index contributed by atoms with van der Waals surface area (Å²) in [5.74, 6) is -0.972. The monoisotopic (exact) mass is 507 g/mol. The normalized spacial score (nSPS) is 14.9. The van der Waals surface area contributed by atoms with Crippen LogP contribution in [-0.2, 0) is 14.4 Å². The van der Waals surface area contributed by atoms with Gasteiger partial charge in [-0.1, -0.05) is 0 Å². The van der Waals surface area contributed by atoms with Gasteiger partial charge in [0, 0.05) is 48.9 Å². The van der Waals surface area contributed by atoms with Crippen LogP contribution >= 0.6 is 11.3 Å². The zero-order chi connectivity index (χ0) is 26.0. The predicted molar refractivity (Wildman–Crippen MR) is 137 cm³/mol. The van der Waals surface area contributed by atoms with Crippen molar-refractivity contribution >= 4 is 56.8 Å². The van der Waals surface area contributed by atoms with E-state index in [0.29, 0.717) is 24.7 Å². The number of carbonyl (C=O) groups excluding carboxylic acids is 4. The van der Waals surface area contributed by atoms with Gasteiger partial charge in [0.2, 0.25) is 11.9 Å².